The Kier molecular flexibility index (Phi) is 9.54. The molecule has 3 aromatic heterocycles. The monoisotopic (exact) mass is 942 g/mol. The lowest BCUT2D eigenvalue weighted by Gasteiger charge is -2.28. The molecule has 0 spiro atoms. The highest BCUT2D eigenvalue weighted by molar-refractivity contribution is 6.13. The summed E-state index contributed by atoms with van der Waals surface area (Å²) in [5.41, 5.74) is 18.6. The minimum Gasteiger partial charge on any atom is -0.310 e. The number of nitrogens with zero attached hydrogens (tertiary/aromatic N) is 4. The summed E-state index contributed by atoms with van der Waals surface area (Å²) in [6.45, 7) is 0. The van der Waals surface area contributed by atoms with Crippen molar-refractivity contribution in [2.24, 2.45) is 0 Å². The van der Waals surface area contributed by atoms with Crippen LogP contribution in [0, 0.1) is 0 Å². The van der Waals surface area contributed by atoms with E-state index in [0.717, 1.165) is 39.7 Å². The van der Waals surface area contributed by atoms with Crippen LogP contribution in [0.1, 0.15) is 0 Å². The predicted molar refractivity (Wildman–Crippen MR) is 313 cm³/mol. The molecule has 15 aromatic rings. The van der Waals surface area contributed by atoms with Gasteiger partial charge < -0.3 is 18.6 Å². The highest BCUT2D eigenvalue weighted by Gasteiger charge is 2.21. The van der Waals surface area contributed by atoms with Gasteiger partial charge in [0.15, 0.2) is 0 Å². The minimum absolute atomic E-state index is 1.07. The Morgan fingerprint density at radius 1 is 0.216 bits per heavy atom. The third-order valence-electron chi connectivity index (χ3n) is 15.3. The standard InChI is InChI=1S/C70H46N4/c1-2-16-51(17-3-1)73-65-27-13-8-24-61(65)62-43-36-50(46-70(62)73)49-32-30-47(31-33-49)48-34-37-52(38-35-48)71(53-39-41-54(42-40-53)72-63-25-11-6-20-55(63)56-21-7-12-26-64(56)72)68-44-45-69(60-19-5-4-18-59(60)68)74-66-28-14-9-22-57(66)58-23-10-15-29-67(58)74/h1-46H. The van der Waals surface area contributed by atoms with Crippen molar-refractivity contribution >= 4 is 93.3 Å². The largest absolute Gasteiger partial charge is 0.310 e. The van der Waals surface area contributed by atoms with Gasteiger partial charge in [-0.2, -0.15) is 0 Å². The molecule has 0 aliphatic heterocycles. The molecular formula is C70H46N4. The molecule has 0 fully saturated rings. The molecule has 0 bridgehead atoms. The Balaban J connectivity index is 0.836. The first kappa shape index (κ1) is 41.8. The average molecular weight is 943 g/mol. The van der Waals surface area contributed by atoms with Crippen molar-refractivity contribution in [2.45, 2.75) is 0 Å². The van der Waals surface area contributed by atoms with E-state index in [0.29, 0.717) is 0 Å². The normalized spacial score (nSPS) is 11.8. The lowest BCUT2D eigenvalue weighted by atomic mass is 9.99. The van der Waals surface area contributed by atoms with E-state index < -0.39 is 0 Å². The summed E-state index contributed by atoms with van der Waals surface area (Å²) in [7, 11) is 0. The summed E-state index contributed by atoms with van der Waals surface area (Å²) in [5, 5.41) is 9.87. The molecule has 0 aliphatic rings. The molecule has 0 aliphatic carbocycles. The van der Waals surface area contributed by atoms with Crippen molar-refractivity contribution in [1.82, 2.24) is 13.7 Å². The lowest BCUT2D eigenvalue weighted by Crippen LogP contribution is -2.11. The molecule has 0 N–H and O–H groups in total. The van der Waals surface area contributed by atoms with Crippen molar-refractivity contribution < 1.29 is 0 Å². The number of aromatic nitrogens is 3. The molecule has 346 valence electrons. The SMILES string of the molecule is c1ccc(-n2c3ccccc3c3ccc(-c4ccc(-c5ccc(N(c6ccc(-n7c8ccccc8c8ccccc87)cc6)c6ccc(-n7c8ccccc8c8ccccc87)c7ccccc67)cc5)cc4)cc32)cc1. The third kappa shape index (κ3) is 6.55. The van der Waals surface area contributed by atoms with Gasteiger partial charge in [-0.1, -0.05) is 182 Å². The van der Waals surface area contributed by atoms with Crippen LogP contribution in [0.3, 0.4) is 0 Å². The number of hydrogen-bond acceptors (Lipinski definition) is 1. The molecule has 3 heterocycles. The fourth-order valence-corrected chi connectivity index (χ4v) is 11.9. The van der Waals surface area contributed by atoms with E-state index in [4.69, 9.17) is 0 Å². The average Bonchev–Trinajstić information content (AvgIpc) is 4.12. The molecule has 4 heteroatoms. The number of hydrogen-bond donors (Lipinski definition) is 0. The first-order valence-electron chi connectivity index (χ1n) is 25.4. The Morgan fingerprint density at radius 2 is 0.568 bits per heavy atom. The summed E-state index contributed by atoms with van der Waals surface area (Å²) in [4.78, 5) is 2.42. The first-order chi connectivity index (χ1) is 36.7. The van der Waals surface area contributed by atoms with Gasteiger partial charge in [-0.05, 0) is 119 Å². The summed E-state index contributed by atoms with van der Waals surface area (Å²) in [5.74, 6) is 0. The van der Waals surface area contributed by atoms with Crippen LogP contribution in [-0.2, 0) is 0 Å². The highest BCUT2D eigenvalue weighted by Crippen LogP contribution is 2.44. The predicted octanol–water partition coefficient (Wildman–Crippen LogP) is 18.9. The van der Waals surface area contributed by atoms with Gasteiger partial charge in [0.1, 0.15) is 0 Å². The molecule has 74 heavy (non-hydrogen) atoms. The second kappa shape index (κ2) is 16.9. The molecule has 0 atom stereocenters. The molecule has 0 amide bonds. The molecule has 15 rings (SSSR count). The van der Waals surface area contributed by atoms with Crippen LogP contribution in [0.4, 0.5) is 17.1 Å². The van der Waals surface area contributed by atoms with Crippen molar-refractivity contribution in [1.29, 1.82) is 0 Å². The van der Waals surface area contributed by atoms with Gasteiger partial charge >= 0.3 is 0 Å². The lowest BCUT2D eigenvalue weighted by molar-refractivity contribution is 1.17. The van der Waals surface area contributed by atoms with Gasteiger partial charge in [-0.15, -0.1) is 0 Å². The Labute approximate surface area is 428 Å². The van der Waals surface area contributed by atoms with E-state index in [1.54, 1.807) is 0 Å². The van der Waals surface area contributed by atoms with Crippen LogP contribution in [0.5, 0.6) is 0 Å². The first-order valence-corrected chi connectivity index (χ1v) is 25.4. The Morgan fingerprint density at radius 3 is 1.08 bits per heavy atom. The topological polar surface area (TPSA) is 18.0 Å². The molecule has 0 saturated heterocycles. The van der Waals surface area contributed by atoms with Gasteiger partial charge in [-0.3, -0.25) is 0 Å². The highest BCUT2D eigenvalue weighted by atomic mass is 15.1. The van der Waals surface area contributed by atoms with Gasteiger partial charge in [0, 0.05) is 65.8 Å². The maximum absolute atomic E-state index is 2.44. The molecule has 0 unspecified atom stereocenters. The number of anilines is 3. The van der Waals surface area contributed by atoms with Gasteiger partial charge in [0.2, 0.25) is 0 Å². The molecule has 0 radical (unpaired) electrons. The number of fused-ring (bicyclic) bond motifs is 10. The van der Waals surface area contributed by atoms with E-state index in [9.17, 15) is 0 Å². The molecule has 4 nitrogen and oxygen atoms in total. The van der Waals surface area contributed by atoms with Crippen molar-refractivity contribution in [3.63, 3.8) is 0 Å². The van der Waals surface area contributed by atoms with Gasteiger partial charge in [0.25, 0.3) is 0 Å². The van der Waals surface area contributed by atoms with Crippen molar-refractivity contribution in [3.8, 4) is 39.3 Å². The maximum Gasteiger partial charge on any atom is 0.0547 e. The van der Waals surface area contributed by atoms with Crippen LogP contribution in [0.15, 0.2) is 279 Å². The summed E-state index contributed by atoms with van der Waals surface area (Å²) < 4.78 is 7.21. The van der Waals surface area contributed by atoms with E-state index >= 15 is 0 Å². The summed E-state index contributed by atoms with van der Waals surface area (Å²) >= 11 is 0. The third-order valence-corrected chi connectivity index (χ3v) is 15.3. The second-order valence-corrected chi connectivity index (χ2v) is 19.3. The Bertz CT molecular complexity index is 4530. The zero-order valence-electron chi connectivity index (χ0n) is 40.3. The summed E-state index contributed by atoms with van der Waals surface area (Å²) in [6.07, 6.45) is 0. The van der Waals surface area contributed by atoms with E-state index in [1.165, 1.54) is 92.9 Å². The van der Waals surface area contributed by atoms with Crippen LogP contribution in [0.25, 0.3) is 116 Å². The number of rotatable bonds is 8. The fraction of sp³-hybridized carbons (Fsp3) is 0. The number of para-hydroxylation sites is 6. The quantitative estimate of drug-likeness (QED) is 0.148. The maximum atomic E-state index is 2.44. The number of benzene rings is 12. The van der Waals surface area contributed by atoms with Crippen molar-refractivity contribution in [3.05, 3.63) is 279 Å². The fourth-order valence-electron chi connectivity index (χ4n) is 11.9. The minimum atomic E-state index is 1.07. The van der Waals surface area contributed by atoms with E-state index in [-0.39, 0.29) is 0 Å². The molecule has 0 saturated carbocycles. The zero-order valence-corrected chi connectivity index (χ0v) is 40.3. The molecule has 12 aromatic carbocycles. The smallest absolute Gasteiger partial charge is 0.0547 e. The van der Waals surface area contributed by atoms with Crippen molar-refractivity contribution in [2.75, 3.05) is 4.90 Å². The zero-order chi connectivity index (χ0) is 48.7. The van der Waals surface area contributed by atoms with Gasteiger partial charge in [0.05, 0.1) is 44.5 Å². The van der Waals surface area contributed by atoms with Crippen LogP contribution < -0.4 is 4.90 Å². The van der Waals surface area contributed by atoms with Crippen LogP contribution >= 0.6 is 0 Å². The summed E-state index contributed by atoms with van der Waals surface area (Å²) in [6, 6.07) is 102. The Hall–Kier alpha value is -9.90. The van der Waals surface area contributed by atoms with Crippen LogP contribution in [0.2, 0.25) is 0 Å². The molecular weight excluding hydrogens is 897 g/mol. The van der Waals surface area contributed by atoms with Gasteiger partial charge in [-0.25, -0.2) is 0 Å². The van der Waals surface area contributed by atoms with E-state index in [2.05, 4.69) is 298 Å². The van der Waals surface area contributed by atoms with E-state index in [1.807, 2.05) is 0 Å². The van der Waals surface area contributed by atoms with Crippen LogP contribution in [-0.4, -0.2) is 13.7 Å². The second-order valence-electron chi connectivity index (χ2n) is 19.3.